The quantitative estimate of drug-likeness (QED) is 0.711. The van der Waals surface area contributed by atoms with E-state index in [4.69, 9.17) is 5.26 Å². The van der Waals surface area contributed by atoms with E-state index in [0.717, 1.165) is 5.56 Å². The third kappa shape index (κ3) is 2.31. The van der Waals surface area contributed by atoms with Crippen LogP contribution in [0.3, 0.4) is 0 Å². The summed E-state index contributed by atoms with van der Waals surface area (Å²) in [5.74, 6) is 0.453. The number of aliphatic imine (C=N–C) groups is 1. The lowest BCUT2D eigenvalue weighted by molar-refractivity contribution is 1.26. The minimum atomic E-state index is 0.453. The van der Waals surface area contributed by atoms with Crippen molar-refractivity contribution < 1.29 is 0 Å². The maximum Gasteiger partial charge on any atom is 0.169 e. The third-order valence-corrected chi connectivity index (χ3v) is 2.04. The van der Waals surface area contributed by atoms with Crippen molar-refractivity contribution in [1.82, 2.24) is 4.98 Å². The standard InChI is InChI=1S/C13H9N3/c14-9-12-7-4-8-15-13(12)16-10-11-5-2-1-3-6-11/h1-8,10H/b16-10+. The number of pyridine rings is 1. The predicted molar refractivity (Wildman–Crippen MR) is 62.6 cm³/mol. The molecule has 0 atom stereocenters. The summed E-state index contributed by atoms with van der Waals surface area (Å²) >= 11 is 0. The highest BCUT2D eigenvalue weighted by Crippen LogP contribution is 2.13. The second-order valence-corrected chi connectivity index (χ2v) is 3.16. The Kier molecular flexibility index (Phi) is 3.05. The van der Waals surface area contributed by atoms with Gasteiger partial charge < -0.3 is 0 Å². The first-order valence-electron chi connectivity index (χ1n) is 4.84. The maximum absolute atomic E-state index is 8.85. The van der Waals surface area contributed by atoms with Gasteiger partial charge in [-0.15, -0.1) is 0 Å². The average molecular weight is 207 g/mol. The van der Waals surface area contributed by atoms with E-state index >= 15 is 0 Å². The van der Waals surface area contributed by atoms with Gasteiger partial charge in [-0.1, -0.05) is 30.3 Å². The molecule has 1 aromatic heterocycles. The van der Waals surface area contributed by atoms with Crippen LogP contribution in [-0.2, 0) is 0 Å². The molecule has 0 N–H and O–H groups in total. The first-order valence-corrected chi connectivity index (χ1v) is 4.84. The van der Waals surface area contributed by atoms with Crippen LogP contribution in [0.4, 0.5) is 5.82 Å². The molecule has 0 aliphatic carbocycles. The summed E-state index contributed by atoms with van der Waals surface area (Å²) in [6.07, 6.45) is 3.32. The van der Waals surface area contributed by atoms with Crippen LogP contribution >= 0.6 is 0 Å². The largest absolute Gasteiger partial charge is 0.236 e. The van der Waals surface area contributed by atoms with E-state index in [1.807, 2.05) is 30.3 Å². The number of hydrogen-bond donors (Lipinski definition) is 0. The van der Waals surface area contributed by atoms with Gasteiger partial charge in [0, 0.05) is 12.4 Å². The Morgan fingerprint density at radius 1 is 1.12 bits per heavy atom. The van der Waals surface area contributed by atoms with E-state index in [1.54, 1.807) is 24.5 Å². The smallest absolute Gasteiger partial charge is 0.169 e. The third-order valence-electron chi connectivity index (χ3n) is 2.04. The van der Waals surface area contributed by atoms with Gasteiger partial charge in [-0.05, 0) is 17.7 Å². The molecule has 0 saturated heterocycles. The lowest BCUT2D eigenvalue weighted by Crippen LogP contribution is -1.83. The van der Waals surface area contributed by atoms with Gasteiger partial charge in [-0.2, -0.15) is 5.26 Å². The molecule has 3 nitrogen and oxygen atoms in total. The number of rotatable bonds is 2. The summed E-state index contributed by atoms with van der Waals surface area (Å²) in [4.78, 5) is 8.23. The highest BCUT2D eigenvalue weighted by atomic mass is 14.9. The van der Waals surface area contributed by atoms with Gasteiger partial charge in [-0.3, -0.25) is 0 Å². The Hall–Kier alpha value is -2.47. The fourth-order valence-corrected chi connectivity index (χ4v) is 1.26. The van der Waals surface area contributed by atoms with Gasteiger partial charge in [0.05, 0.1) is 5.56 Å². The van der Waals surface area contributed by atoms with Crippen molar-refractivity contribution in [2.45, 2.75) is 0 Å². The summed E-state index contributed by atoms with van der Waals surface area (Å²) in [6, 6.07) is 15.2. The van der Waals surface area contributed by atoms with Gasteiger partial charge >= 0.3 is 0 Å². The van der Waals surface area contributed by atoms with Crippen molar-refractivity contribution >= 4 is 12.0 Å². The second-order valence-electron chi connectivity index (χ2n) is 3.16. The Labute approximate surface area is 93.7 Å². The highest BCUT2D eigenvalue weighted by molar-refractivity contribution is 5.81. The van der Waals surface area contributed by atoms with Crippen molar-refractivity contribution in [1.29, 1.82) is 5.26 Å². The van der Waals surface area contributed by atoms with Crippen LogP contribution in [0, 0.1) is 11.3 Å². The fraction of sp³-hybridized carbons (Fsp3) is 0. The van der Waals surface area contributed by atoms with Crippen molar-refractivity contribution in [2.24, 2.45) is 4.99 Å². The monoisotopic (exact) mass is 207 g/mol. The van der Waals surface area contributed by atoms with Crippen LogP contribution in [0.25, 0.3) is 0 Å². The van der Waals surface area contributed by atoms with Crippen molar-refractivity contribution in [3.05, 3.63) is 59.8 Å². The average Bonchev–Trinajstić information content (AvgIpc) is 2.38. The van der Waals surface area contributed by atoms with E-state index < -0.39 is 0 Å². The molecule has 0 fully saturated rings. The van der Waals surface area contributed by atoms with Crippen molar-refractivity contribution in [3.8, 4) is 6.07 Å². The van der Waals surface area contributed by atoms with E-state index in [9.17, 15) is 0 Å². The summed E-state index contributed by atoms with van der Waals surface area (Å²) in [5, 5.41) is 8.85. The first-order chi connectivity index (χ1) is 7.90. The van der Waals surface area contributed by atoms with E-state index in [2.05, 4.69) is 16.0 Å². The maximum atomic E-state index is 8.85. The molecule has 0 amide bonds. The first kappa shape index (κ1) is 10.1. The van der Waals surface area contributed by atoms with Crippen molar-refractivity contribution in [3.63, 3.8) is 0 Å². The zero-order chi connectivity index (χ0) is 11.2. The summed E-state index contributed by atoms with van der Waals surface area (Å²) < 4.78 is 0. The molecular weight excluding hydrogens is 198 g/mol. The summed E-state index contributed by atoms with van der Waals surface area (Å²) in [5.41, 5.74) is 1.46. The van der Waals surface area contributed by atoms with Gasteiger partial charge in [0.1, 0.15) is 6.07 Å². The Morgan fingerprint density at radius 3 is 2.69 bits per heavy atom. The minimum absolute atomic E-state index is 0.453. The molecule has 76 valence electrons. The molecule has 3 heteroatoms. The Bertz CT molecular complexity index is 539. The topological polar surface area (TPSA) is 49.0 Å². The lowest BCUT2D eigenvalue weighted by Gasteiger charge is -1.95. The van der Waals surface area contributed by atoms with Crippen LogP contribution in [-0.4, -0.2) is 11.2 Å². The van der Waals surface area contributed by atoms with Crippen LogP contribution in [0.5, 0.6) is 0 Å². The molecular formula is C13H9N3. The Balaban J connectivity index is 2.28. The van der Waals surface area contributed by atoms with Gasteiger partial charge in [0.2, 0.25) is 0 Å². The molecule has 2 aromatic rings. The van der Waals surface area contributed by atoms with Gasteiger partial charge in [0.25, 0.3) is 0 Å². The van der Waals surface area contributed by atoms with Gasteiger partial charge in [-0.25, -0.2) is 9.98 Å². The SMILES string of the molecule is N#Cc1cccnc1/N=C/c1ccccc1. The van der Waals surface area contributed by atoms with Crippen LogP contribution < -0.4 is 0 Å². The molecule has 0 bridgehead atoms. The molecule has 1 aromatic carbocycles. The highest BCUT2D eigenvalue weighted by Gasteiger charge is 1.98. The summed E-state index contributed by atoms with van der Waals surface area (Å²) in [6.45, 7) is 0. The predicted octanol–water partition coefficient (Wildman–Crippen LogP) is 2.70. The number of hydrogen-bond acceptors (Lipinski definition) is 3. The minimum Gasteiger partial charge on any atom is -0.236 e. The van der Waals surface area contributed by atoms with Crippen molar-refractivity contribution in [2.75, 3.05) is 0 Å². The van der Waals surface area contributed by atoms with Crippen LogP contribution in [0.15, 0.2) is 53.7 Å². The molecule has 0 aliphatic heterocycles. The number of aromatic nitrogens is 1. The molecule has 0 spiro atoms. The fourth-order valence-electron chi connectivity index (χ4n) is 1.26. The second kappa shape index (κ2) is 4.85. The van der Waals surface area contributed by atoms with E-state index in [0.29, 0.717) is 11.4 Å². The van der Waals surface area contributed by atoms with Gasteiger partial charge in [0.15, 0.2) is 5.82 Å². The molecule has 2 rings (SSSR count). The molecule has 0 aliphatic rings. The van der Waals surface area contributed by atoms with E-state index in [-0.39, 0.29) is 0 Å². The molecule has 1 heterocycles. The Morgan fingerprint density at radius 2 is 1.94 bits per heavy atom. The zero-order valence-electron chi connectivity index (χ0n) is 8.54. The lowest BCUT2D eigenvalue weighted by atomic mass is 10.2. The molecule has 0 unspecified atom stereocenters. The normalized spacial score (nSPS) is 10.2. The number of nitrogens with zero attached hydrogens (tertiary/aromatic N) is 3. The van der Waals surface area contributed by atoms with Crippen LogP contribution in [0.1, 0.15) is 11.1 Å². The summed E-state index contributed by atoms with van der Waals surface area (Å²) in [7, 11) is 0. The number of benzene rings is 1. The van der Waals surface area contributed by atoms with E-state index in [1.165, 1.54) is 0 Å². The number of nitriles is 1. The zero-order valence-corrected chi connectivity index (χ0v) is 8.54. The molecule has 16 heavy (non-hydrogen) atoms. The molecule has 0 radical (unpaired) electrons. The van der Waals surface area contributed by atoms with Crippen LogP contribution in [0.2, 0.25) is 0 Å². The molecule has 0 saturated carbocycles.